The predicted molar refractivity (Wildman–Crippen MR) is 122 cm³/mol. The molecule has 7 heteroatoms. The lowest BCUT2D eigenvalue weighted by atomic mass is 10.0. The molecule has 4 rings (SSSR count). The van der Waals surface area contributed by atoms with Crippen LogP contribution in [0.1, 0.15) is 27.2 Å². The molecule has 31 heavy (non-hydrogen) atoms. The number of benzene rings is 2. The van der Waals surface area contributed by atoms with Gasteiger partial charge >= 0.3 is 0 Å². The van der Waals surface area contributed by atoms with Crippen LogP contribution >= 0.6 is 15.9 Å². The Morgan fingerprint density at radius 2 is 1.48 bits per heavy atom. The van der Waals surface area contributed by atoms with Gasteiger partial charge in [-0.25, -0.2) is 0 Å². The quantitative estimate of drug-likeness (QED) is 0.443. The molecule has 2 N–H and O–H groups in total. The average Bonchev–Trinajstić information content (AvgIpc) is 2.79. The number of hydrogen-bond acceptors (Lipinski definition) is 4. The minimum atomic E-state index is -0.460. The molecular formula is C24H16BrN3O3. The first kappa shape index (κ1) is 20.4. The highest BCUT2D eigenvalue weighted by Crippen LogP contribution is 2.13. The summed E-state index contributed by atoms with van der Waals surface area (Å²) in [5.41, 5.74) is 1.28. The molecule has 0 aliphatic rings. The fraction of sp³-hybridized carbons (Fsp3) is 0. The molecule has 0 saturated heterocycles. The molecule has 2 aromatic heterocycles. The van der Waals surface area contributed by atoms with Gasteiger partial charge in [0, 0.05) is 21.8 Å². The van der Waals surface area contributed by atoms with E-state index in [-0.39, 0.29) is 16.5 Å². The van der Waals surface area contributed by atoms with E-state index in [4.69, 9.17) is 0 Å². The Hall–Kier alpha value is -3.84. The van der Waals surface area contributed by atoms with Crippen LogP contribution < -0.4 is 21.8 Å². The van der Waals surface area contributed by atoms with Crippen LogP contribution in [-0.2, 0) is 0 Å². The number of carbonyl (C=O) groups is 1. The predicted octanol–water partition coefficient (Wildman–Crippen LogP) is 2.11. The van der Waals surface area contributed by atoms with Gasteiger partial charge in [0.1, 0.15) is 10.7 Å². The summed E-state index contributed by atoms with van der Waals surface area (Å²) in [6.45, 7) is 0. The molecule has 0 aliphatic heterocycles. The number of aromatic nitrogens is 3. The normalized spacial score (nSPS) is 12.2. The van der Waals surface area contributed by atoms with Crippen molar-refractivity contribution in [3.05, 3.63) is 131 Å². The first-order chi connectivity index (χ1) is 15.0. The van der Waals surface area contributed by atoms with Crippen molar-refractivity contribution < 1.29 is 4.79 Å². The number of nitrogens with zero attached hydrogens (tertiary/aromatic N) is 1. The van der Waals surface area contributed by atoms with Crippen molar-refractivity contribution in [1.82, 2.24) is 15.0 Å². The maximum absolute atomic E-state index is 12.7. The van der Waals surface area contributed by atoms with Crippen LogP contribution in [-0.4, -0.2) is 20.7 Å². The van der Waals surface area contributed by atoms with Crippen LogP contribution in [0, 0.1) is 0 Å². The Morgan fingerprint density at radius 3 is 2.19 bits per heavy atom. The SMILES string of the molecule is O=C(c1ccccc1)c1cccc(/C=c2\[nH]c(=O)/c(=C/c3ncccc3Br)[nH]c2=O)c1. The van der Waals surface area contributed by atoms with Crippen molar-refractivity contribution in [3.63, 3.8) is 0 Å². The molecular weight excluding hydrogens is 458 g/mol. The number of ketones is 1. The summed E-state index contributed by atoms with van der Waals surface area (Å²) in [4.78, 5) is 47.0. The van der Waals surface area contributed by atoms with Crippen molar-refractivity contribution >= 4 is 33.9 Å². The van der Waals surface area contributed by atoms with Gasteiger partial charge in [-0.2, -0.15) is 0 Å². The van der Waals surface area contributed by atoms with E-state index in [1.54, 1.807) is 66.9 Å². The molecule has 0 aliphatic carbocycles. The van der Waals surface area contributed by atoms with E-state index in [0.29, 0.717) is 26.9 Å². The first-order valence-corrected chi connectivity index (χ1v) is 10.2. The fourth-order valence-corrected chi connectivity index (χ4v) is 3.40. The second-order valence-corrected chi connectivity index (χ2v) is 7.57. The van der Waals surface area contributed by atoms with Crippen LogP contribution in [0.3, 0.4) is 0 Å². The highest BCUT2D eigenvalue weighted by molar-refractivity contribution is 9.10. The number of hydrogen-bond donors (Lipinski definition) is 2. The molecule has 0 bridgehead atoms. The minimum Gasteiger partial charge on any atom is -0.316 e. The van der Waals surface area contributed by atoms with Crippen LogP contribution in [0.4, 0.5) is 0 Å². The third-order valence-electron chi connectivity index (χ3n) is 4.55. The van der Waals surface area contributed by atoms with E-state index in [9.17, 15) is 14.4 Å². The van der Waals surface area contributed by atoms with Crippen LogP contribution in [0.15, 0.2) is 87.0 Å². The lowest BCUT2D eigenvalue weighted by Crippen LogP contribution is -2.46. The lowest BCUT2D eigenvalue weighted by Gasteiger charge is -2.02. The molecule has 0 atom stereocenters. The van der Waals surface area contributed by atoms with Crippen LogP contribution in [0.5, 0.6) is 0 Å². The van der Waals surface area contributed by atoms with E-state index in [1.807, 2.05) is 6.07 Å². The highest BCUT2D eigenvalue weighted by Gasteiger charge is 2.08. The van der Waals surface area contributed by atoms with Gasteiger partial charge in [-0.1, -0.05) is 48.5 Å². The summed E-state index contributed by atoms with van der Waals surface area (Å²) in [5.74, 6) is -0.121. The summed E-state index contributed by atoms with van der Waals surface area (Å²) in [6.07, 6.45) is 4.62. The summed E-state index contributed by atoms with van der Waals surface area (Å²) in [6, 6.07) is 19.4. The van der Waals surface area contributed by atoms with Gasteiger partial charge in [-0.3, -0.25) is 19.4 Å². The number of carbonyl (C=O) groups excluding carboxylic acids is 1. The van der Waals surface area contributed by atoms with Gasteiger partial charge in [-0.15, -0.1) is 0 Å². The van der Waals surface area contributed by atoms with Gasteiger partial charge in [0.2, 0.25) is 0 Å². The van der Waals surface area contributed by atoms with E-state index >= 15 is 0 Å². The van der Waals surface area contributed by atoms with Crippen molar-refractivity contribution in [3.8, 4) is 0 Å². The number of H-pyrrole nitrogens is 2. The van der Waals surface area contributed by atoms with Gasteiger partial charge < -0.3 is 9.97 Å². The molecule has 4 aromatic rings. The molecule has 0 saturated carbocycles. The molecule has 6 nitrogen and oxygen atoms in total. The van der Waals surface area contributed by atoms with Crippen molar-refractivity contribution in [1.29, 1.82) is 0 Å². The number of nitrogens with one attached hydrogen (secondary N) is 2. The van der Waals surface area contributed by atoms with Crippen molar-refractivity contribution in [2.24, 2.45) is 0 Å². The Kier molecular flexibility index (Phi) is 5.86. The van der Waals surface area contributed by atoms with Crippen LogP contribution in [0.25, 0.3) is 12.2 Å². The Morgan fingerprint density at radius 1 is 0.806 bits per heavy atom. The molecule has 2 aromatic carbocycles. The topological polar surface area (TPSA) is 95.7 Å². The number of pyridine rings is 1. The molecule has 2 heterocycles. The van der Waals surface area contributed by atoms with Gasteiger partial charge in [0.05, 0.1) is 5.69 Å². The zero-order valence-electron chi connectivity index (χ0n) is 16.1. The van der Waals surface area contributed by atoms with E-state index < -0.39 is 11.1 Å². The summed E-state index contributed by atoms with van der Waals surface area (Å²) in [7, 11) is 0. The van der Waals surface area contributed by atoms with Gasteiger partial charge in [0.15, 0.2) is 5.78 Å². The maximum Gasteiger partial charge on any atom is 0.272 e. The lowest BCUT2D eigenvalue weighted by molar-refractivity contribution is 0.103. The largest absolute Gasteiger partial charge is 0.316 e. The van der Waals surface area contributed by atoms with E-state index in [2.05, 4.69) is 30.9 Å². The highest BCUT2D eigenvalue weighted by atomic mass is 79.9. The summed E-state index contributed by atoms with van der Waals surface area (Å²) < 4.78 is 0.700. The Bertz CT molecular complexity index is 1510. The monoisotopic (exact) mass is 473 g/mol. The number of rotatable bonds is 4. The number of halogens is 1. The van der Waals surface area contributed by atoms with Crippen molar-refractivity contribution in [2.45, 2.75) is 0 Å². The zero-order valence-corrected chi connectivity index (χ0v) is 17.7. The number of aromatic amines is 2. The third kappa shape index (κ3) is 4.67. The standard InChI is InChI=1S/C24H16BrN3O3/c25-18-10-5-11-26-19(18)14-21-24(31)27-20(23(30)28-21)13-15-6-4-9-17(12-15)22(29)16-7-2-1-3-8-16/h1-14H,(H,27,31)(H,28,30)/b20-13-,21-14-. The minimum absolute atomic E-state index is 0.0894. The second-order valence-electron chi connectivity index (χ2n) is 6.72. The van der Waals surface area contributed by atoms with E-state index in [0.717, 1.165) is 0 Å². The summed E-state index contributed by atoms with van der Waals surface area (Å²) in [5, 5.41) is 0.182. The Balaban J connectivity index is 1.74. The first-order valence-electron chi connectivity index (χ1n) is 9.38. The Labute approximate surface area is 184 Å². The molecule has 0 amide bonds. The third-order valence-corrected chi connectivity index (χ3v) is 5.22. The van der Waals surface area contributed by atoms with Gasteiger partial charge in [0.25, 0.3) is 11.1 Å². The van der Waals surface area contributed by atoms with Crippen molar-refractivity contribution in [2.75, 3.05) is 0 Å². The zero-order chi connectivity index (χ0) is 21.8. The molecule has 0 unspecified atom stereocenters. The van der Waals surface area contributed by atoms with Crippen LogP contribution in [0.2, 0.25) is 0 Å². The molecule has 0 fully saturated rings. The molecule has 0 spiro atoms. The van der Waals surface area contributed by atoms with Gasteiger partial charge in [-0.05, 0) is 51.8 Å². The maximum atomic E-state index is 12.7. The smallest absolute Gasteiger partial charge is 0.272 e. The molecule has 152 valence electrons. The second kappa shape index (κ2) is 8.89. The fourth-order valence-electron chi connectivity index (χ4n) is 3.03. The summed E-state index contributed by atoms with van der Waals surface area (Å²) >= 11 is 3.36. The molecule has 0 radical (unpaired) electrons. The van der Waals surface area contributed by atoms with E-state index in [1.165, 1.54) is 12.2 Å². The average molecular weight is 474 g/mol.